The lowest BCUT2D eigenvalue weighted by Crippen LogP contribution is -2.39. The van der Waals surface area contributed by atoms with Gasteiger partial charge in [0.15, 0.2) is 0 Å². The Morgan fingerprint density at radius 2 is 2.04 bits per heavy atom. The fourth-order valence-corrected chi connectivity index (χ4v) is 5.97. The summed E-state index contributed by atoms with van der Waals surface area (Å²) in [5.41, 5.74) is 0. The number of thiophene rings is 1. The van der Waals surface area contributed by atoms with Gasteiger partial charge in [0.25, 0.3) is 0 Å². The van der Waals surface area contributed by atoms with Crippen LogP contribution in [0.4, 0.5) is 0 Å². The number of likely N-dealkylation sites (tertiary alicyclic amines) is 1. The van der Waals surface area contributed by atoms with Crippen LogP contribution in [0.5, 0.6) is 0 Å². The number of carbonyl (C=O) groups is 1. The second-order valence-electron chi connectivity index (χ2n) is 7.78. The number of fused-ring (bicyclic) bond motifs is 2. The smallest absolute Gasteiger partial charge is 0.231 e. The maximum Gasteiger partial charge on any atom is 0.231 e. The fourth-order valence-electron chi connectivity index (χ4n) is 5.18. The number of hydrogen-bond donors (Lipinski definition) is 0. The van der Waals surface area contributed by atoms with Gasteiger partial charge >= 0.3 is 0 Å². The lowest BCUT2D eigenvalue weighted by Gasteiger charge is -2.30. The highest BCUT2D eigenvalue weighted by Gasteiger charge is 2.54. The van der Waals surface area contributed by atoms with Crippen molar-refractivity contribution in [2.75, 3.05) is 13.1 Å². The van der Waals surface area contributed by atoms with Gasteiger partial charge in [-0.1, -0.05) is 5.16 Å². The van der Waals surface area contributed by atoms with Gasteiger partial charge < -0.3 is 9.42 Å². The summed E-state index contributed by atoms with van der Waals surface area (Å²) >= 11 is 1.68. The third-order valence-electron chi connectivity index (χ3n) is 6.31. The summed E-state index contributed by atoms with van der Waals surface area (Å²) in [6.07, 6.45) is 5.79. The van der Waals surface area contributed by atoms with Crippen LogP contribution in [0, 0.1) is 24.7 Å². The molecule has 132 valence electrons. The molecule has 2 aromatic rings. The van der Waals surface area contributed by atoms with Crippen LogP contribution in [0.1, 0.15) is 48.8 Å². The molecule has 0 unspecified atom stereocenters. The largest absolute Gasteiger partial charge is 0.342 e. The highest BCUT2D eigenvalue weighted by molar-refractivity contribution is 7.15. The van der Waals surface area contributed by atoms with E-state index >= 15 is 0 Å². The number of amides is 1. The van der Waals surface area contributed by atoms with Gasteiger partial charge in [-0.2, -0.15) is 4.98 Å². The molecule has 1 aliphatic heterocycles. The molecular weight excluding hydrogens is 334 g/mol. The van der Waals surface area contributed by atoms with E-state index in [1.165, 1.54) is 17.7 Å². The Morgan fingerprint density at radius 1 is 1.24 bits per heavy atom. The van der Waals surface area contributed by atoms with Crippen molar-refractivity contribution in [2.24, 2.45) is 17.8 Å². The molecule has 0 radical (unpaired) electrons. The zero-order chi connectivity index (χ0) is 17.0. The molecule has 2 aromatic heterocycles. The van der Waals surface area contributed by atoms with Crippen LogP contribution in [0.25, 0.3) is 10.7 Å². The molecule has 2 saturated carbocycles. The predicted molar refractivity (Wildman–Crippen MR) is 95.2 cm³/mol. The van der Waals surface area contributed by atoms with Crippen molar-refractivity contribution in [3.8, 4) is 10.7 Å². The SMILES string of the molecule is Cc1ccc(-c2noc([C@H]3[C@@H]4CC[C@@H](C4)[C@@H]3C(=O)N3CCCC3)n2)s1. The van der Waals surface area contributed by atoms with E-state index in [2.05, 4.69) is 23.0 Å². The first-order valence-electron chi connectivity index (χ1n) is 9.40. The Hall–Kier alpha value is -1.69. The predicted octanol–water partition coefficient (Wildman–Crippen LogP) is 3.86. The Bertz CT molecular complexity index is 792. The third kappa shape index (κ3) is 2.53. The molecule has 3 aliphatic rings. The van der Waals surface area contributed by atoms with Crippen LogP contribution in [-0.4, -0.2) is 34.0 Å². The first-order chi connectivity index (χ1) is 12.2. The van der Waals surface area contributed by atoms with Crippen LogP contribution >= 0.6 is 11.3 Å². The van der Waals surface area contributed by atoms with E-state index in [1.54, 1.807) is 11.3 Å². The van der Waals surface area contributed by atoms with Gasteiger partial charge in [-0.15, -0.1) is 11.3 Å². The average molecular weight is 357 g/mol. The Kier molecular flexibility index (Phi) is 3.69. The van der Waals surface area contributed by atoms with E-state index in [9.17, 15) is 4.79 Å². The van der Waals surface area contributed by atoms with Crippen LogP contribution in [0.15, 0.2) is 16.7 Å². The van der Waals surface area contributed by atoms with Gasteiger partial charge in [0, 0.05) is 18.0 Å². The highest BCUT2D eigenvalue weighted by atomic mass is 32.1. The van der Waals surface area contributed by atoms with E-state index in [0.29, 0.717) is 29.5 Å². The quantitative estimate of drug-likeness (QED) is 0.837. The number of aromatic nitrogens is 2. The van der Waals surface area contributed by atoms with Crippen LogP contribution in [-0.2, 0) is 4.79 Å². The van der Waals surface area contributed by atoms with E-state index in [-0.39, 0.29) is 11.8 Å². The van der Waals surface area contributed by atoms with Crippen molar-refractivity contribution < 1.29 is 9.32 Å². The minimum absolute atomic E-state index is 0.0511. The molecule has 5 rings (SSSR count). The van der Waals surface area contributed by atoms with E-state index in [0.717, 1.165) is 37.2 Å². The minimum Gasteiger partial charge on any atom is -0.342 e. The van der Waals surface area contributed by atoms with Crippen molar-refractivity contribution >= 4 is 17.2 Å². The molecule has 0 aromatic carbocycles. The van der Waals surface area contributed by atoms with E-state index in [4.69, 9.17) is 9.51 Å². The zero-order valence-corrected chi connectivity index (χ0v) is 15.3. The monoisotopic (exact) mass is 357 g/mol. The molecule has 2 aliphatic carbocycles. The molecule has 5 nitrogen and oxygen atoms in total. The third-order valence-corrected chi connectivity index (χ3v) is 7.30. The average Bonchev–Trinajstić information content (AvgIpc) is 3.41. The van der Waals surface area contributed by atoms with Gasteiger partial charge in [-0.25, -0.2) is 0 Å². The molecule has 2 bridgehead atoms. The standard InChI is InChI=1S/C19H23N3O2S/c1-11-4-7-14(25-11)17-20-18(24-21-17)15-12-5-6-13(10-12)16(15)19(23)22-8-2-3-9-22/h4,7,12-13,15-16H,2-3,5-6,8-10H2,1H3/t12-,13+,15+,16+/m1/s1. The number of rotatable bonds is 3. The molecule has 0 N–H and O–H groups in total. The summed E-state index contributed by atoms with van der Waals surface area (Å²) in [4.78, 5) is 22.2. The number of nitrogens with zero attached hydrogens (tertiary/aromatic N) is 3. The van der Waals surface area contributed by atoms with Crippen LogP contribution in [0.2, 0.25) is 0 Å². The molecule has 4 atom stereocenters. The summed E-state index contributed by atoms with van der Waals surface area (Å²) < 4.78 is 5.68. The van der Waals surface area contributed by atoms with Gasteiger partial charge in [0.05, 0.1) is 16.7 Å². The summed E-state index contributed by atoms with van der Waals surface area (Å²) in [6.45, 7) is 3.92. The van der Waals surface area contributed by atoms with Gasteiger partial charge in [0.2, 0.25) is 17.6 Å². The maximum atomic E-state index is 13.1. The highest BCUT2D eigenvalue weighted by Crippen LogP contribution is 2.57. The van der Waals surface area contributed by atoms with Crippen molar-refractivity contribution in [1.82, 2.24) is 15.0 Å². The molecule has 0 spiro atoms. The number of aryl methyl sites for hydroxylation is 1. The Balaban J connectivity index is 1.45. The normalized spacial score (nSPS) is 31.2. The molecule has 1 saturated heterocycles. The zero-order valence-electron chi connectivity index (χ0n) is 14.5. The second kappa shape index (κ2) is 5.94. The molecule has 25 heavy (non-hydrogen) atoms. The van der Waals surface area contributed by atoms with Crippen LogP contribution in [0.3, 0.4) is 0 Å². The summed E-state index contributed by atoms with van der Waals surface area (Å²) in [5.74, 6) is 2.89. The topological polar surface area (TPSA) is 59.2 Å². The van der Waals surface area contributed by atoms with Crippen molar-refractivity contribution in [3.05, 3.63) is 22.9 Å². The van der Waals surface area contributed by atoms with Gasteiger partial charge in [0.1, 0.15) is 0 Å². The molecule has 3 heterocycles. The lowest BCUT2D eigenvalue weighted by atomic mass is 9.78. The Labute approximate surface area is 151 Å². The van der Waals surface area contributed by atoms with Crippen molar-refractivity contribution in [2.45, 2.75) is 44.9 Å². The maximum absolute atomic E-state index is 13.1. The first-order valence-corrected chi connectivity index (χ1v) is 10.2. The summed E-state index contributed by atoms with van der Waals surface area (Å²) in [5, 5.41) is 4.22. The Morgan fingerprint density at radius 3 is 2.80 bits per heavy atom. The lowest BCUT2D eigenvalue weighted by molar-refractivity contribution is -0.137. The number of carbonyl (C=O) groups excluding carboxylic acids is 1. The second-order valence-corrected chi connectivity index (χ2v) is 9.07. The van der Waals surface area contributed by atoms with E-state index < -0.39 is 0 Å². The minimum atomic E-state index is 0.0511. The molecular formula is C19H23N3O2S. The molecule has 3 fully saturated rings. The summed E-state index contributed by atoms with van der Waals surface area (Å²) in [7, 11) is 0. The first kappa shape index (κ1) is 15.6. The number of hydrogen-bond acceptors (Lipinski definition) is 5. The van der Waals surface area contributed by atoms with E-state index in [1.807, 2.05) is 6.07 Å². The van der Waals surface area contributed by atoms with Gasteiger partial charge in [-0.05, 0) is 63.0 Å². The molecule has 6 heteroatoms. The summed E-state index contributed by atoms with van der Waals surface area (Å²) in [6, 6.07) is 4.12. The van der Waals surface area contributed by atoms with Crippen LogP contribution < -0.4 is 0 Å². The fraction of sp³-hybridized carbons (Fsp3) is 0.632. The van der Waals surface area contributed by atoms with Gasteiger partial charge in [-0.3, -0.25) is 4.79 Å². The molecule has 1 amide bonds. The van der Waals surface area contributed by atoms with Crippen molar-refractivity contribution in [1.29, 1.82) is 0 Å². The van der Waals surface area contributed by atoms with Crippen molar-refractivity contribution in [3.63, 3.8) is 0 Å².